The van der Waals surface area contributed by atoms with Crippen LogP contribution in [0.25, 0.3) is 0 Å². The van der Waals surface area contributed by atoms with E-state index in [0.29, 0.717) is 11.4 Å². The highest BCUT2D eigenvalue weighted by Gasteiger charge is 2.17. The highest BCUT2D eigenvalue weighted by atomic mass is 32.2. The van der Waals surface area contributed by atoms with Gasteiger partial charge in [-0.1, -0.05) is 17.7 Å². The van der Waals surface area contributed by atoms with E-state index in [4.69, 9.17) is 15.2 Å². The first-order chi connectivity index (χ1) is 13.2. The largest absolute Gasteiger partial charge is 0.493 e. The van der Waals surface area contributed by atoms with E-state index in [0.717, 1.165) is 5.56 Å². The van der Waals surface area contributed by atoms with Gasteiger partial charge in [0.1, 0.15) is 0 Å². The second-order valence-electron chi connectivity index (χ2n) is 6.05. The van der Waals surface area contributed by atoms with Crippen molar-refractivity contribution in [3.8, 4) is 11.5 Å². The molecule has 0 saturated carbocycles. The first kappa shape index (κ1) is 21.2. The second-order valence-corrected chi connectivity index (χ2v) is 8.16. The van der Waals surface area contributed by atoms with Crippen molar-refractivity contribution < 1.29 is 27.5 Å². The number of methoxy groups -OCH3 is 1. The van der Waals surface area contributed by atoms with Crippen LogP contribution in [0.1, 0.15) is 12.0 Å². The lowest BCUT2D eigenvalue weighted by atomic mass is 10.2. The van der Waals surface area contributed by atoms with Crippen LogP contribution in [0.15, 0.2) is 47.4 Å². The van der Waals surface area contributed by atoms with Gasteiger partial charge in [-0.3, -0.25) is 9.59 Å². The van der Waals surface area contributed by atoms with E-state index in [1.807, 2.05) is 6.92 Å². The van der Waals surface area contributed by atoms with Crippen LogP contribution in [0, 0.1) is 6.92 Å². The van der Waals surface area contributed by atoms with Crippen LogP contribution in [0.5, 0.6) is 11.5 Å². The van der Waals surface area contributed by atoms with Crippen LogP contribution in [0.2, 0.25) is 0 Å². The summed E-state index contributed by atoms with van der Waals surface area (Å²) in [6.45, 7) is 1.52. The molecule has 0 bridgehead atoms. The molecule has 0 fully saturated rings. The molecule has 2 amide bonds. The fourth-order valence-electron chi connectivity index (χ4n) is 2.33. The van der Waals surface area contributed by atoms with Crippen LogP contribution in [-0.2, 0) is 19.4 Å². The zero-order valence-corrected chi connectivity index (χ0v) is 16.4. The van der Waals surface area contributed by atoms with E-state index in [-0.39, 0.29) is 29.4 Å². The van der Waals surface area contributed by atoms with Gasteiger partial charge in [-0.15, -0.1) is 0 Å². The Labute approximate surface area is 163 Å². The van der Waals surface area contributed by atoms with Crippen molar-refractivity contribution in [2.45, 2.75) is 18.2 Å². The third-order valence-electron chi connectivity index (χ3n) is 3.80. The zero-order valence-electron chi connectivity index (χ0n) is 15.6. The normalized spacial score (nSPS) is 10.9. The van der Waals surface area contributed by atoms with Gasteiger partial charge in [-0.25, -0.2) is 8.42 Å². The zero-order chi connectivity index (χ0) is 20.7. The number of nitrogens with two attached hydrogens (primary N) is 1. The number of nitrogens with one attached hydrogen (secondary N) is 1. The van der Waals surface area contributed by atoms with E-state index >= 15 is 0 Å². The highest BCUT2D eigenvalue weighted by Crippen LogP contribution is 2.30. The molecule has 0 radical (unpaired) electrons. The summed E-state index contributed by atoms with van der Waals surface area (Å²) in [6, 6.07) is 11.0. The van der Waals surface area contributed by atoms with Crippen molar-refractivity contribution in [3.05, 3.63) is 48.0 Å². The Morgan fingerprint density at radius 1 is 1.07 bits per heavy atom. The van der Waals surface area contributed by atoms with Gasteiger partial charge in [0.25, 0.3) is 5.91 Å². The van der Waals surface area contributed by atoms with E-state index in [1.165, 1.54) is 25.3 Å². The van der Waals surface area contributed by atoms with Crippen molar-refractivity contribution in [2.75, 3.05) is 24.8 Å². The van der Waals surface area contributed by atoms with Gasteiger partial charge in [-0.2, -0.15) is 0 Å². The molecule has 9 heteroatoms. The second kappa shape index (κ2) is 9.23. The molecule has 2 rings (SSSR count). The van der Waals surface area contributed by atoms with E-state index in [9.17, 15) is 18.0 Å². The van der Waals surface area contributed by atoms with Gasteiger partial charge in [0, 0.05) is 18.2 Å². The highest BCUT2D eigenvalue weighted by molar-refractivity contribution is 7.91. The molecule has 0 aliphatic rings. The van der Waals surface area contributed by atoms with Gasteiger partial charge in [0.2, 0.25) is 5.91 Å². The molecule has 2 aromatic carbocycles. The summed E-state index contributed by atoms with van der Waals surface area (Å²) in [5.41, 5.74) is 6.38. The monoisotopic (exact) mass is 406 g/mol. The summed E-state index contributed by atoms with van der Waals surface area (Å²) >= 11 is 0. The van der Waals surface area contributed by atoms with Crippen LogP contribution in [-0.4, -0.2) is 39.7 Å². The van der Waals surface area contributed by atoms with Gasteiger partial charge in [0.05, 0.1) is 17.8 Å². The number of carbonyl (C=O) groups is 2. The van der Waals surface area contributed by atoms with Gasteiger partial charge < -0.3 is 20.5 Å². The molecule has 150 valence electrons. The number of sulfone groups is 1. The molecule has 0 atom stereocenters. The fourth-order valence-corrected chi connectivity index (χ4v) is 3.57. The molecular formula is C19H22N2O6S. The number of hydrogen-bond donors (Lipinski definition) is 2. The van der Waals surface area contributed by atoms with Crippen LogP contribution in [0.3, 0.4) is 0 Å². The Hall–Kier alpha value is -3.07. The predicted molar refractivity (Wildman–Crippen MR) is 104 cm³/mol. The minimum atomic E-state index is -3.56. The Morgan fingerprint density at radius 2 is 1.75 bits per heavy atom. The van der Waals surface area contributed by atoms with Crippen LogP contribution in [0.4, 0.5) is 5.69 Å². The fraction of sp³-hybridized carbons (Fsp3) is 0.263. The van der Waals surface area contributed by atoms with Crippen molar-refractivity contribution >= 4 is 27.3 Å². The molecule has 28 heavy (non-hydrogen) atoms. The van der Waals surface area contributed by atoms with E-state index in [2.05, 4.69) is 5.32 Å². The lowest BCUT2D eigenvalue weighted by molar-refractivity contribution is -0.120. The van der Waals surface area contributed by atoms with Gasteiger partial charge in [0.15, 0.2) is 27.9 Å². The predicted octanol–water partition coefficient (Wildman–Crippen LogP) is 1.67. The third kappa shape index (κ3) is 5.98. The van der Waals surface area contributed by atoms with E-state index < -0.39 is 21.7 Å². The minimum absolute atomic E-state index is 0.178. The summed E-state index contributed by atoms with van der Waals surface area (Å²) in [5, 5.41) is 2.60. The molecule has 0 unspecified atom stereocenters. The number of amides is 2. The smallest absolute Gasteiger partial charge is 0.255 e. The van der Waals surface area contributed by atoms with Crippen LogP contribution < -0.4 is 20.5 Å². The number of rotatable bonds is 9. The SMILES string of the molecule is COc1ccc(NC(=O)CCS(=O)(=O)c2ccc(C)cc2)cc1OCC(N)=O. The maximum absolute atomic E-state index is 12.3. The van der Waals surface area contributed by atoms with Gasteiger partial charge >= 0.3 is 0 Å². The summed E-state index contributed by atoms with van der Waals surface area (Å²) < 4.78 is 35.0. The van der Waals surface area contributed by atoms with Crippen molar-refractivity contribution in [1.82, 2.24) is 0 Å². The third-order valence-corrected chi connectivity index (χ3v) is 5.53. The maximum Gasteiger partial charge on any atom is 0.255 e. The first-order valence-corrected chi connectivity index (χ1v) is 10.0. The molecule has 0 aliphatic carbocycles. The molecular weight excluding hydrogens is 384 g/mol. The molecule has 8 nitrogen and oxygen atoms in total. The van der Waals surface area contributed by atoms with Crippen molar-refractivity contribution in [3.63, 3.8) is 0 Å². The summed E-state index contributed by atoms with van der Waals surface area (Å²) in [4.78, 5) is 23.2. The molecule has 0 heterocycles. The van der Waals surface area contributed by atoms with Gasteiger partial charge in [-0.05, 0) is 31.2 Å². The topological polar surface area (TPSA) is 125 Å². The summed E-state index contributed by atoms with van der Waals surface area (Å²) in [6.07, 6.45) is -0.209. The Morgan fingerprint density at radius 3 is 2.36 bits per heavy atom. The molecule has 0 aliphatic heterocycles. The van der Waals surface area contributed by atoms with Crippen molar-refractivity contribution in [1.29, 1.82) is 0 Å². The first-order valence-electron chi connectivity index (χ1n) is 8.39. The summed E-state index contributed by atoms with van der Waals surface area (Å²) in [5.74, 6) is -0.851. The Bertz CT molecular complexity index is 955. The van der Waals surface area contributed by atoms with Crippen molar-refractivity contribution in [2.24, 2.45) is 5.73 Å². The maximum atomic E-state index is 12.3. The standard InChI is InChI=1S/C19H22N2O6S/c1-13-3-6-15(7-4-13)28(24,25)10-9-19(23)21-14-5-8-16(26-2)17(11-14)27-12-18(20)22/h3-8,11H,9-10,12H2,1-2H3,(H2,20,22)(H,21,23). The summed E-state index contributed by atoms with van der Waals surface area (Å²) in [7, 11) is -2.13. The van der Waals surface area contributed by atoms with E-state index in [1.54, 1.807) is 24.3 Å². The number of aryl methyl sites for hydroxylation is 1. The Balaban J connectivity index is 2.01. The molecule has 0 saturated heterocycles. The average molecular weight is 406 g/mol. The molecule has 3 N–H and O–H groups in total. The van der Waals surface area contributed by atoms with Crippen LogP contribution >= 0.6 is 0 Å². The number of ether oxygens (including phenoxy) is 2. The molecule has 0 aromatic heterocycles. The molecule has 2 aromatic rings. The average Bonchev–Trinajstić information content (AvgIpc) is 2.65. The number of hydrogen-bond acceptors (Lipinski definition) is 6. The lowest BCUT2D eigenvalue weighted by Crippen LogP contribution is -2.20. The quantitative estimate of drug-likeness (QED) is 0.653. The number of primary amides is 1. The number of carbonyl (C=O) groups excluding carboxylic acids is 2. The molecule has 0 spiro atoms. The number of anilines is 1. The number of benzene rings is 2. The lowest BCUT2D eigenvalue weighted by Gasteiger charge is -2.12. The minimum Gasteiger partial charge on any atom is -0.493 e. The Kier molecular flexibility index (Phi) is 7.00.